The molecule has 0 spiro atoms. The SMILES string of the molecule is CC/C=C\C/C=C\C/C=C\C/C=C\C/C=C\CCCC(=O)OC(CCCCCCCCCCC)CCCCCCCC(=O)O. The van der Waals surface area contributed by atoms with Crippen LogP contribution in [0, 0.1) is 0 Å². The quantitative estimate of drug-likeness (QED) is 0.0466. The predicted octanol–water partition coefficient (Wildman–Crippen LogP) is 12.6. The molecule has 0 heterocycles. The monoisotopic (exact) mass is 613 g/mol. The molecule has 1 N–H and O–H groups in total. The van der Waals surface area contributed by atoms with Crippen molar-refractivity contribution in [2.75, 3.05) is 0 Å². The van der Waals surface area contributed by atoms with Gasteiger partial charge in [0.1, 0.15) is 6.10 Å². The van der Waals surface area contributed by atoms with Crippen molar-refractivity contribution in [3.8, 4) is 0 Å². The molecule has 0 aliphatic rings. The Morgan fingerprint density at radius 2 is 0.955 bits per heavy atom. The lowest BCUT2D eigenvalue weighted by Crippen LogP contribution is -2.18. The normalized spacial score (nSPS) is 13.0. The van der Waals surface area contributed by atoms with Gasteiger partial charge in [0.05, 0.1) is 0 Å². The fourth-order valence-corrected chi connectivity index (χ4v) is 5.10. The first-order valence-corrected chi connectivity index (χ1v) is 18.3. The van der Waals surface area contributed by atoms with Gasteiger partial charge in [0.2, 0.25) is 0 Å². The highest BCUT2D eigenvalue weighted by Crippen LogP contribution is 2.18. The molecule has 0 radical (unpaired) electrons. The first kappa shape index (κ1) is 41.6. The molecule has 0 amide bonds. The maximum Gasteiger partial charge on any atom is 0.306 e. The number of hydrogen-bond donors (Lipinski definition) is 1. The van der Waals surface area contributed by atoms with Gasteiger partial charge in [-0.2, -0.15) is 0 Å². The number of carboxylic acids is 1. The van der Waals surface area contributed by atoms with Gasteiger partial charge in [-0.15, -0.1) is 0 Å². The van der Waals surface area contributed by atoms with E-state index >= 15 is 0 Å². The highest BCUT2D eigenvalue weighted by atomic mass is 16.5. The second kappa shape index (κ2) is 35.1. The Labute approximate surface area is 272 Å². The summed E-state index contributed by atoms with van der Waals surface area (Å²) in [5.74, 6) is -0.765. The molecule has 4 nitrogen and oxygen atoms in total. The summed E-state index contributed by atoms with van der Waals surface area (Å²) in [5, 5.41) is 8.79. The molecule has 1 unspecified atom stereocenters. The van der Waals surface area contributed by atoms with Crippen LogP contribution < -0.4 is 0 Å². The van der Waals surface area contributed by atoms with Crippen LogP contribution in [-0.4, -0.2) is 23.1 Å². The lowest BCUT2D eigenvalue weighted by Gasteiger charge is -2.18. The highest BCUT2D eigenvalue weighted by Gasteiger charge is 2.14. The number of esters is 1. The van der Waals surface area contributed by atoms with Crippen molar-refractivity contribution in [1.29, 1.82) is 0 Å². The molecule has 0 fully saturated rings. The van der Waals surface area contributed by atoms with Gasteiger partial charge >= 0.3 is 11.9 Å². The molecule has 0 aliphatic heterocycles. The predicted molar refractivity (Wildman–Crippen MR) is 190 cm³/mol. The molecule has 4 heteroatoms. The van der Waals surface area contributed by atoms with Gasteiger partial charge in [0, 0.05) is 12.8 Å². The Bertz CT molecular complexity index is 789. The lowest BCUT2D eigenvalue weighted by atomic mass is 10.0. The number of aliphatic carboxylic acids is 1. The molecule has 44 heavy (non-hydrogen) atoms. The molecule has 0 aromatic heterocycles. The zero-order valence-electron chi connectivity index (χ0n) is 28.7. The maximum absolute atomic E-state index is 12.6. The number of carbonyl (C=O) groups excluding carboxylic acids is 1. The van der Waals surface area contributed by atoms with Crippen molar-refractivity contribution in [2.24, 2.45) is 0 Å². The average Bonchev–Trinajstić information content (AvgIpc) is 3.00. The first-order chi connectivity index (χ1) is 21.6. The van der Waals surface area contributed by atoms with E-state index in [1.165, 1.54) is 51.4 Å². The van der Waals surface area contributed by atoms with Crippen molar-refractivity contribution >= 4 is 11.9 Å². The van der Waals surface area contributed by atoms with E-state index in [1.54, 1.807) is 0 Å². The number of carboxylic acid groups (broad SMARTS) is 1. The molecule has 0 saturated carbocycles. The fraction of sp³-hybridized carbons (Fsp3) is 0.700. The fourth-order valence-electron chi connectivity index (χ4n) is 5.10. The van der Waals surface area contributed by atoms with E-state index in [2.05, 4.69) is 74.6 Å². The molecule has 1 atom stereocenters. The van der Waals surface area contributed by atoms with Crippen LogP contribution in [0.2, 0.25) is 0 Å². The summed E-state index contributed by atoms with van der Waals surface area (Å²) in [4.78, 5) is 23.3. The van der Waals surface area contributed by atoms with Gasteiger partial charge < -0.3 is 9.84 Å². The van der Waals surface area contributed by atoms with E-state index < -0.39 is 5.97 Å². The van der Waals surface area contributed by atoms with Crippen LogP contribution in [0.25, 0.3) is 0 Å². The molecule has 0 bridgehead atoms. The van der Waals surface area contributed by atoms with Gasteiger partial charge in [-0.05, 0) is 77.0 Å². The second-order valence-electron chi connectivity index (χ2n) is 12.0. The van der Waals surface area contributed by atoms with Crippen molar-refractivity contribution in [2.45, 2.75) is 180 Å². The van der Waals surface area contributed by atoms with Crippen molar-refractivity contribution in [3.05, 3.63) is 60.8 Å². The van der Waals surface area contributed by atoms with Gasteiger partial charge in [-0.3, -0.25) is 9.59 Å². The number of hydrogen-bond acceptors (Lipinski definition) is 3. The minimum atomic E-state index is -0.709. The third-order valence-corrected chi connectivity index (χ3v) is 7.75. The Kier molecular flexibility index (Phi) is 33.2. The molecule has 0 rings (SSSR count). The molecule has 252 valence electrons. The Balaban J connectivity index is 4.15. The minimum Gasteiger partial charge on any atom is -0.481 e. The summed E-state index contributed by atoms with van der Waals surface area (Å²) < 4.78 is 5.95. The Hall–Kier alpha value is -2.36. The number of allylic oxidation sites excluding steroid dienone is 10. The lowest BCUT2D eigenvalue weighted by molar-refractivity contribution is -0.150. The largest absolute Gasteiger partial charge is 0.481 e. The standard InChI is InChI=1S/C40H68O4/c1-3-5-7-9-11-13-14-15-16-17-18-19-20-22-24-29-33-37-40(43)44-38(35-31-27-25-28-32-36-39(41)42)34-30-26-23-21-12-10-8-6-4-2/h5,7,11,13,15-16,18-19,22,24,38H,3-4,6,8-10,12,14,17,20-21,23,25-37H2,1-2H3,(H,41,42)/b7-5-,13-11-,16-15-,19-18-,24-22-. The minimum absolute atomic E-state index is 0.0276. The molecule has 0 aromatic rings. The number of ether oxygens (including phenoxy) is 1. The van der Waals surface area contributed by atoms with E-state index in [9.17, 15) is 9.59 Å². The van der Waals surface area contributed by atoms with E-state index in [1.807, 2.05) is 0 Å². The summed E-state index contributed by atoms with van der Waals surface area (Å²) in [6, 6.07) is 0. The Morgan fingerprint density at radius 1 is 0.523 bits per heavy atom. The molecule has 0 aliphatic carbocycles. The van der Waals surface area contributed by atoms with Crippen LogP contribution >= 0.6 is 0 Å². The van der Waals surface area contributed by atoms with Crippen LogP contribution in [0.15, 0.2) is 60.8 Å². The number of carbonyl (C=O) groups is 2. The van der Waals surface area contributed by atoms with Gasteiger partial charge in [-0.1, -0.05) is 145 Å². The first-order valence-electron chi connectivity index (χ1n) is 18.3. The van der Waals surface area contributed by atoms with Crippen LogP contribution in [0.4, 0.5) is 0 Å². The third kappa shape index (κ3) is 34.1. The smallest absolute Gasteiger partial charge is 0.306 e. The van der Waals surface area contributed by atoms with Crippen LogP contribution in [0.3, 0.4) is 0 Å². The summed E-state index contributed by atoms with van der Waals surface area (Å²) in [5.41, 5.74) is 0. The van der Waals surface area contributed by atoms with Crippen molar-refractivity contribution < 1.29 is 19.4 Å². The third-order valence-electron chi connectivity index (χ3n) is 7.75. The van der Waals surface area contributed by atoms with Crippen molar-refractivity contribution in [1.82, 2.24) is 0 Å². The van der Waals surface area contributed by atoms with E-state index in [0.717, 1.165) is 96.3 Å². The number of rotatable bonds is 32. The van der Waals surface area contributed by atoms with Crippen LogP contribution in [0.1, 0.15) is 174 Å². The van der Waals surface area contributed by atoms with Crippen LogP contribution in [-0.2, 0) is 14.3 Å². The van der Waals surface area contributed by atoms with Gasteiger partial charge in [0.25, 0.3) is 0 Å². The highest BCUT2D eigenvalue weighted by molar-refractivity contribution is 5.69. The molecular formula is C40H68O4. The summed E-state index contributed by atoms with van der Waals surface area (Å²) >= 11 is 0. The van der Waals surface area contributed by atoms with E-state index in [-0.39, 0.29) is 18.5 Å². The molecular weight excluding hydrogens is 544 g/mol. The zero-order chi connectivity index (χ0) is 32.2. The van der Waals surface area contributed by atoms with E-state index in [0.29, 0.717) is 6.42 Å². The topological polar surface area (TPSA) is 63.6 Å². The van der Waals surface area contributed by atoms with Crippen LogP contribution in [0.5, 0.6) is 0 Å². The Morgan fingerprint density at radius 3 is 1.43 bits per heavy atom. The summed E-state index contributed by atoms with van der Waals surface area (Å²) in [6.45, 7) is 4.41. The summed E-state index contributed by atoms with van der Waals surface area (Å²) in [7, 11) is 0. The zero-order valence-corrected chi connectivity index (χ0v) is 28.7. The molecule has 0 saturated heterocycles. The van der Waals surface area contributed by atoms with Gasteiger partial charge in [-0.25, -0.2) is 0 Å². The maximum atomic E-state index is 12.6. The van der Waals surface area contributed by atoms with E-state index in [4.69, 9.17) is 9.84 Å². The van der Waals surface area contributed by atoms with Crippen molar-refractivity contribution in [3.63, 3.8) is 0 Å². The summed E-state index contributed by atoms with van der Waals surface area (Å²) in [6.07, 6.45) is 48.0. The average molecular weight is 613 g/mol. The second-order valence-corrected chi connectivity index (χ2v) is 12.0. The van der Waals surface area contributed by atoms with Gasteiger partial charge in [0.15, 0.2) is 0 Å². The number of unbranched alkanes of at least 4 members (excludes halogenated alkanes) is 13. The molecule has 0 aromatic carbocycles.